The van der Waals surface area contributed by atoms with Gasteiger partial charge in [-0.25, -0.2) is 0 Å². The van der Waals surface area contributed by atoms with Crippen LogP contribution in [0.5, 0.6) is 0 Å². The van der Waals surface area contributed by atoms with Gasteiger partial charge in [-0.3, -0.25) is 4.99 Å². The maximum atomic E-state index is 4.56. The van der Waals surface area contributed by atoms with Crippen LogP contribution in [-0.4, -0.2) is 24.6 Å². The standard InChI is InChI=1S/C17H23N3/c1-2-18-17(19-14-10-6-7-11-14)20-16-12-15(16)13-8-4-3-5-9-13/h3-9,14-16H,2,10-12H2,1H3,(H2,18,19,20). The van der Waals surface area contributed by atoms with Crippen molar-refractivity contribution in [3.05, 3.63) is 48.0 Å². The summed E-state index contributed by atoms with van der Waals surface area (Å²) in [5.41, 5.74) is 1.43. The van der Waals surface area contributed by atoms with Crippen molar-refractivity contribution in [2.24, 2.45) is 4.99 Å². The van der Waals surface area contributed by atoms with Crippen molar-refractivity contribution in [3.63, 3.8) is 0 Å². The summed E-state index contributed by atoms with van der Waals surface area (Å²) in [5.74, 6) is 1.62. The zero-order valence-electron chi connectivity index (χ0n) is 12.0. The fourth-order valence-corrected chi connectivity index (χ4v) is 2.82. The Labute approximate surface area is 121 Å². The van der Waals surface area contributed by atoms with E-state index in [-0.39, 0.29) is 0 Å². The zero-order valence-corrected chi connectivity index (χ0v) is 12.0. The second-order valence-electron chi connectivity index (χ2n) is 5.61. The summed E-state index contributed by atoms with van der Waals surface area (Å²) in [7, 11) is 0. The molecule has 0 heterocycles. The fraction of sp³-hybridized carbons (Fsp3) is 0.471. The molecule has 0 aliphatic heterocycles. The minimum absolute atomic E-state index is 0.515. The van der Waals surface area contributed by atoms with Crippen LogP contribution in [0.15, 0.2) is 47.5 Å². The Bertz CT molecular complexity index is 484. The van der Waals surface area contributed by atoms with Gasteiger partial charge in [0.2, 0.25) is 0 Å². The number of rotatable bonds is 4. The van der Waals surface area contributed by atoms with Crippen LogP contribution in [0.3, 0.4) is 0 Å². The van der Waals surface area contributed by atoms with Crippen molar-refractivity contribution in [2.45, 2.75) is 44.2 Å². The van der Waals surface area contributed by atoms with Gasteiger partial charge in [0.1, 0.15) is 0 Å². The largest absolute Gasteiger partial charge is 0.353 e. The van der Waals surface area contributed by atoms with E-state index in [4.69, 9.17) is 0 Å². The van der Waals surface area contributed by atoms with Crippen LogP contribution in [0.2, 0.25) is 0 Å². The normalized spacial score (nSPS) is 25.8. The second-order valence-corrected chi connectivity index (χ2v) is 5.61. The molecule has 2 aliphatic carbocycles. The van der Waals surface area contributed by atoms with Crippen molar-refractivity contribution in [1.82, 2.24) is 10.6 Å². The topological polar surface area (TPSA) is 36.4 Å². The summed E-state index contributed by atoms with van der Waals surface area (Å²) in [5, 5.41) is 7.12. The molecule has 0 bridgehead atoms. The van der Waals surface area contributed by atoms with E-state index < -0.39 is 0 Å². The summed E-state index contributed by atoms with van der Waals surface area (Å²) in [6.07, 6.45) is 7.90. The predicted molar refractivity (Wildman–Crippen MR) is 84.0 cm³/mol. The molecule has 2 atom stereocenters. The molecule has 1 aromatic carbocycles. The summed E-state index contributed by atoms with van der Waals surface area (Å²) in [4.78, 5) is 4.56. The third-order valence-electron chi connectivity index (χ3n) is 4.01. The Morgan fingerprint density at radius 2 is 1.90 bits per heavy atom. The lowest BCUT2D eigenvalue weighted by Gasteiger charge is -2.17. The summed E-state index contributed by atoms with van der Waals surface area (Å²) in [6, 6.07) is 11.8. The number of guanidine groups is 1. The van der Waals surface area contributed by atoms with E-state index in [2.05, 4.69) is 65.0 Å². The third kappa shape index (κ3) is 3.21. The van der Waals surface area contributed by atoms with E-state index in [1.54, 1.807) is 0 Å². The zero-order chi connectivity index (χ0) is 13.8. The van der Waals surface area contributed by atoms with Crippen LogP contribution in [0, 0.1) is 0 Å². The molecular formula is C17H23N3. The number of nitrogens with one attached hydrogen (secondary N) is 2. The van der Waals surface area contributed by atoms with Gasteiger partial charge in [0.25, 0.3) is 0 Å². The molecule has 3 heteroatoms. The first kappa shape index (κ1) is 13.2. The SMILES string of the molecule is CCN=C(NC1CC=CC1)NC1CC1c1ccccc1. The highest BCUT2D eigenvalue weighted by atomic mass is 15.2. The van der Waals surface area contributed by atoms with E-state index in [1.807, 2.05) is 0 Å². The molecule has 1 aromatic rings. The first-order valence-corrected chi connectivity index (χ1v) is 7.64. The van der Waals surface area contributed by atoms with Gasteiger partial charge >= 0.3 is 0 Å². The van der Waals surface area contributed by atoms with Gasteiger partial charge in [0.05, 0.1) is 0 Å². The lowest BCUT2D eigenvalue weighted by Crippen LogP contribution is -2.43. The molecule has 0 aromatic heterocycles. The van der Waals surface area contributed by atoms with Gasteiger partial charge in [-0.2, -0.15) is 0 Å². The number of hydrogen-bond acceptors (Lipinski definition) is 1. The molecule has 1 fully saturated rings. The molecule has 3 nitrogen and oxygen atoms in total. The molecule has 2 N–H and O–H groups in total. The van der Waals surface area contributed by atoms with Gasteiger partial charge in [0.15, 0.2) is 5.96 Å². The van der Waals surface area contributed by atoms with E-state index in [1.165, 1.54) is 12.0 Å². The summed E-state index contributed by atoms with van der Waals surface area (Å²) < 4.78 is 0. The van der Waals surface area contributed by atoms with Crippen LogP contribution in [0.25, 0.3) is 0 Å². The molecule has 0 spiro atoms. The molecule has 2 aliphatic rings. The number of nitrogens with zero attached hydrogens (tertiary/aromatic N) is 1. The molecule has 0 radical (unpaired) electrons. The highest BCUT2D eigenvalue weighted by molar-refractivity contribution is 5.81. The van der Waals surface area contributed by atoms with Crippen molar-refractivity contribution in [3.8, 4) is 0 Å². The lowest BCUT2D eigenvalue weighted by molar-refractivity contribution is 0.629. The minimum Gasteiger partial charge on any atom is -0.353 e. The maximum absolute atomic E-state index is 4.56. The molecule has 3 rings (SSSR count). The van der Waals surface area contributed by atoms with Crippen molar-refractivity contribution >= 4 is 5.96 Å². The molecule has 0 saturated heterocycles. The molecule has 0 amide bonds. The number of hydrogen-bond donors (Lipinski definition) is 2. The fourth-order valence-electron chi connectivity index (χ4n) is 2.82. The molecule has 20 heavy (non-hydrogen) atoms. The molecular weight excluding hydrogens is 246 g/mol. The average molecular weight is 269 g/mol. The molecule has 1 saturated carbocycles. The Kier molecular flexibility index (Phi) is 4.05. The highest BCUT2D eigenvalue weighted by Gasteiger charge is 2.39. The third-order valence-corrected chi connectivity index (χ3v) is 4.01. The number of benzene rings is 1. The van der Waals surface area contributed by atoms with E-state index >= 15 is 0 Å². The molecule has 106 valence electrons. The highest BCUT2D eigenvalue weighted by Crippen LogP contribution is 2.40. The summed E-state index contributed by atoms with van der Waals surface area (Å²) in [6.45, 7) is 2.90. The summed E-state index contributed by atoms with van der Waals surface area (Å²) >= 11 is 0. The quantitative estimate of drug-likeness (QED) is 0.501. The maximum Gasteiger partial charge on any atom is 0.191 e. The monoisotopic (exact) mass is 269 g/mol. The number of aliphatic imine (C=N–C) groups is 1. The van der Waals surface area contributed by atoms with E-state index in [0.717, 1.165) is 25.3 Å². The first-order valence-electron chi connectivity index (χ1n) is 7.64. The van der Waals surface area contributed by atoms with Gasteiger partial charge in [-0.05, 0) is 31.7 Å². The minimum atomic E-state index is 0.515. The van der Waals surface area contributed by atoms with Crippen molar-refractivity contribution in [1.29, 1.82) is 0 Å². The Morgan fingerprint density at radius 1 is 1.15 bits per heavy atom. The second kappa shape index (κ2) is 6.12. The lowest BCUT2D eigenvalue weighted by atomic mass is 10.1. The van der Waals surface area contributed by atoms with Gasteiger partial charge in [0, 0.05) is 24.5 Å². The van der Waals surface area contributed by atoms with Crippen LogP contribution >= 0.6 is 0 Å². The van der Waals surface area contributed by atoms with E-state index in [9.17, 15) is 0 Å². The smallest absolute Gasteiger partial charge is 0.191 e. The predicted octanol–water partition coefficient (Wildman–Crippen LogP) is 2.82. The molecule has 2 unspecified atom stereocenters. The van der Waals surface area contributed by atoms with E-state index in [0.29, 0.717) is 18.0 Å². The van der Waals surface area contributed by atoms with Crippen LogP contribution in [-0.2, 0) is 0 Å². The van der Waals surface area contributed by atoms with Crippen LogP contribution in [0.4, 0.5) is 0 Å². The average Bonchev–Trinajstić information content (AvgIpc) is 3.04. The Hall–Kier alpha value is -1.77. The van der Waals surface area contributed by atoms with Crippen molar-refractivity contribution in [2.75, 3.05) is 6.54 Å². The van der Waals surface area contributed by atoms with Crippen LogP contribution in [0.1, 0.15) is 37.7 Å². The van der Waals surface area contributed by atoms with Gasteiger partial charge in [-0.15, -0.1) is 0 Å². The van der Waals surface area contributed by atoms with Crippen molar-refractivity contribution < 1.29 is 0 Å². The Balaban J connectivity index is 1.54. The van der Waals surface area contributed by atoms with Gasteiger partial charge in [-0.1, -0.05) is 42.5 Å². The Morgan fingerprint density at radius 3 is 2.60 bits per heavy atom. The van der Waals surface area contributed by atoms with Crippen LogP contribution < -0.4 is 10.6 Å². The first-order chi connectivity index (χ1) is 9.86. The van der Waals surface area contributed by atoms with Gasteiger partial charge < -0.3 is 10.6 Å².